The Balaban J connectivity index is 1.66. The van der Waals surface area contributed by atoms with Crippen LogP contribution in [-0.2, 0) is 32.8 Å². The third-order valence-corrected chi connectivity index (χ3v) is 7.88. The Morgan fingerprint density at radius 2 is 1.56 bits per heavy atom. The molecule has 1 aromatic heterocycles. The van der Waals surface area contributed by atoms with Crippen molar-refractivity contribution < 1.29 is 32.6 Å². The van der Waals surface area contributed by atoms with Crippen molar-refractivity contribution in [2.45, 2.75) is 31.8 Å². The maximum Gasteiger partial charge on any atom is 0.422 e. The third kappa shape index (κ3) is 6.65. The molecule has 0 atom stereocenters. The number of aromatic carboxylic acids is 1. The van der Waals surface area contributed by atoms with E-state index in [-0.39, 0.29) is 31.4 Å². The van der Waals surface area contributed by atoms with Crippen molar-refractivity contribution in [2.75, 3.05) is 19.6 Å². The molecule has 3 aromatic rings. The SMILES string of the molecule is NCC(=O)N1CCC(c2c(Cc3ccccc3)cn(S(=O)(=O)NC(=O)OCc3ccccc3)c2C(=O)O)CC1. The molecule has 1 aliphatic heterocycles. The number of benzene rings is 2. The Morgan fingerprint density at radius 1 is 0.974 bits per heavy atom. The molecule has 2 heterocycles. The van der Waals surface area contributed by atoms with Gasteiger partial charge in [-0.1, -0.05) is 60.7 Å². The Hall–Kier alpha value is -4.16. The van der Waals surface area contributed by atoms with Gasteiger partial charge in [-0.15, -0.1) is 0 Å². The lowest BCUT2D eigenvalue weighted by atomic mass is 9.85. The maximum absolute atomic E-state index is 13.3. The van der Waals surface area contributed by atoms with Gasteiger partial charge >= 0.3 is 22.3 Å². The molecule has 0 unspecified atom stereocenters. The molecule has 0 aliphatic carbocycles. The van der Waals surface area contributed by atoms with Crippen LogP contribution < -0.4 is 10.5 Å². The third-order valence-electron chi connectivity index (χ3n) is 6.65. The number of amides is 2. The molecule has 2 amide bonds. The summed E-state index contributed by atoms with van der Waals surface area (Å²) in [5, 5.41) is 10.2. The summed E-state index contributed by atoms with van der Waals surface area (Å²) < 4.78 is 34.0. The molecule has 4 rings (SSSR count). The van der Waals surface area contributed by atoms with E-state index >= 15 is 0 Å². The Morgan fingerprint density at radius 3 is 2.13 bits per heavy atom. The number of carboxylic acid groups (broad SMARTS) is 1. The van der Waals surface area contributed by atoms with Crippen LogP contribution in [0.5, 0.6) is 0 Å². The van der Waals surface area contributed by atoms with Crippen LogP contribution in [0.25, 0.3) is 0 Å². The molecular formula is C27H30N4O7S. The quantitative estimate of drug-likeness (QED) is 0.363. The van der Waals surface area contributed by atoms with Gasteiger partial charge in [0.1, 0.15) is 12.3 Å². The van der Waals surface area contributed by atoms with Crippen molar-refractivity contribution in [3.8, 4) is 0 Å². The number of nitrogens with zero attached hydrogens (tertiary/aromatic N) is 2. The van der Waals surface area contributed by atoms with Crippen LogP contribution in [0.1, 0.15) is 51.5 Å². The van der Waals surface area contributed by atoms with Gasteiger partial charge in [-0.3, -0.25) is 4.79 Å². The van der Waals surface area contributed by atoms with Gasteiger partial charge < -0.3 is 20.5 Å². The summed E-state index contributed by atoms with van der Waals surface area (Å²) in [6.45, 7) is 0.453. The van der Waals surface area contributed by atoms with E-state index < -0.39 is 28.0 Å². The highest BCUT2D eigenvalue weighted by Crippen LogP contribution is 2.36. The number of nitrogens with one attached hydrogen (secondary N) is 1. The van der Waals surface area contributed by atoms with Crippen molar-refractivity contribution in [1.82, 2.24) is 13.6 Å². The number of carbonyl (C=O) groups excluding carboxylic acids is 2. The molecule has 39 heavy (non-hydrogen) atoms. The molecule has 0 saturated carbocycles. The highest BCUT2D eigenvalue weighted by molar-refractivity contribution is 7.88. The summed E-state index contributed by atoms with van der Waals surface area (Å²) in [6, 6.07) is 17.9. The van der Waals surface area contributed by atoms with E-state index in [0.29, 0.717) is 46.6 Å². The number of rotatable bonds is 9. The number of piperidine rings is 1. The van der Waals surface area contributed by atoms with Crippen molar-refractivity contribution in [3.05, 3.63) is 94.8 Å². The molecule has 206 valence electrons. The number of carboxylic acids is 1. The molecule has 0 bridgehead atoms. The number of nitrogens with two attached hydrogens (primary N) is 1. The van der Waals surface area contributed by atoms with Gasteiger partial charge in [0.2, 0.25) is 5.91 Å². The molecule has 0 radical (unpaired) electrons. The second-order valence-electron chi connectivity index (χ2n) is 9.21. The van der Waals surface area contributed by atoms with Crippen LogP contribution >= 0.6 is 0 Å². The zero-order valence-electron chi connectivity index (χ0n) is 21.2. The standard InChI is InChI=1S/C27H30N4O7S/c28-16-23(32)30-13-11-21(12-14-30)24-22(15-19-7-3-1-4-8-19)17-31(25(24)26(33)34)39(36,37)29-27(35)38-18-20-9-5-2-6-10-20/h1-10,17,21H,11-16,18,28H2,(H,29,35)(H,33,34). The average Bonchev–Trinajstić information content (AvgIpc) is 3.33. The van der Waals surface area contributed by atoms with Crippen LogP contribution in [0.4, 0.5) is 4.79 Å². The van der Waals surface area contributed by atoms with Crippen molar-refractivity contribution >= 4 is 28.2 Å². The number of hydrogen-bond acceptors (Lipinski definition) is 7. The van der Waals surface area contributed by atoms with Gasteiger partial charge in [0.15, 0.2) is 0 Å². The number of hydrogen-bond donors (Lipinski definition) is 3. The first-order valence-electron chi connectivity index (χ1n) is 12.4. The lowest BCUT2D eigenvalue weighted by Gasteiger charge is -2.32. The van der Waals surface area contributed by atoms with E-state index in [1.54, 1.807) is 35.2 Å². The normalized spacial score (nSPS) is 14.1. The summed E-state index contributed by atoms with van der Waals surface area (Å²) in [5.74, 6) is -1.97. The molecule has 2 aromatic carbocycles. The van der Waals surface area contributed by atoms with E-state index in [9.17, 15) is 27.9 Å². The maximum atomic E-state index is 13.3. The fraction of sp³-hybridized carbons (Fsp3) is 0.296. The Labute approximate surface area is 226 Å². The van der Waals surface area contributed by atoms with E-state index in [2.05, 4.69) is 0 Å². The predicted octanol–water partition coefficient (Wildman–Crippen LogP) is 2.46. The molecule has 12 heteroatoms. The minimum atomic E-state index is -4.67. The Kier molecular flexibility index (Phi) is 8.67. The highest BCUT2D eigenvalue weighted by atomic mass is 32.2. The van der Waals surface area contributed by atoms with Gasteiger partial charge in [-0.2, -0.15) is 8.42 Å². The molecule has 1 aliphatic rings. The minimum Gasteiger partial charge on any atom is -0.477 e. The topological polar surface area (TPSA) is 161 Å². The monoisotopic (exact) mass is 554 g/mol. The number of ether oxygens (including phenoxy) is 1. The summed E-state index contributed by atoms with van der Waals surface area (Å²) in [4.78, 5) is 38.5. The van der Waals surface area contributed by atoms with Gasteiger partial charge in [-0.25, -0.2) is 18.3 Å². The molecule has 1 saturated heterocycles. The first-order valence-corrected chi connectivity index (χ1v) is 13.9. The van der Waals surface area contributed by atoms with Crippen LogP contribution in [0, 0.1) is 0 Å². The predicted molar refractivity (Wildman–Crippen MR) is 142 cm³/mol. The summed E-state index contributed by atoms with van der Waals surface area (Å²) >= 11 is 0. The van der Waals surface area contributed by atoms with Gasteiger partial charge in [0.25, 0.3) is 0 Å². The molecule has 11 nitrogen and oxygen atoms in total. The van der Waals surface area contributed by atoms with Crippen molar-refractivity contribution in [1.29, 1.82) is 0 Å². The smallest absolute Gasteiger partial charge is 0.422 e. The minimum absolute atomic E-state index is 0.120. The molecule has 4 N–H and O–H groups in total. The van der Waals surface area contributed by atoms with Crippen LogP contribution in [-0.4, -0.2) is 60.0 Å². The lowest BCUT2D eigenvalue weighted by molar-refractivity contribution is -0.130. The first kappa shape index (κ1) is 27.9. The number of aromatic nitrogens is 1. The Bertz CT molecular complexity index is 1430. The van der Waals surface area contributed by atoms with Gasteiger partial charge in [0.05, 0.1) is 6.54 Å². The van der Waals surface area contributed by atoms with Crippen molar-refractivity contribution in [2.24, 2.45) is 5.73 Å². The van der Waals surface area contributed by atoms with E-state index in [0.717, 1.165) is 5.56 Å². The number of carbonyl (C=O) groups is 3. The molecule has 0 spiro atoms. The van der Waals surface area contributed by atoms with Gasteiger partial charge in [-0.05, 0) is 47.4 Å². The van der Waals surface area contributed by atoms with E-state index in [4.69, 9.17) is 10.5 Å². The molecule has 1 fully saturated rings. The second-order valence-corrected chi connectivity index (χ2v) is 10.8. The highest BCUT2D eigenvalue weighted by Gasteiger charge is 2.34. The summed E-state index contributed by atoms with van der Waals surface area (Å²) in [5.41, 5.74) is 7.42. The zero-order valence-corrected chi connectivity index (χ0v) is 22.0. The van der Waals surface area contributed by atoms with Crippen LogP contribution in [0.2, 0.25) is 0 Å². The van der Waals surface area contributed by atoms with E-state index in [1.165, 1.54) is 6.20 Å². The molecular weight excluding hydrogens is 524 g/mol. The fourth-order valence-electron chi connectivity index (χ4n) is 4.81. The second kappa shape index (κ2) is 12.1. The lowest BCUT2D eigenvalue weighted by Crippen LogP contribution is -2.41. The zero-order chi connectivity index (χ0) is 28.0. The van der Waals surface area contributed by atoms with Crippen molar-refractivity contribution in [3.63, 3.8) is 0 Å². The fourth-order valence-corrected chi connectivity index (χ4v) is 5.86. The van der Waals surface area contributed by atoms with Crippen LogP contribution in [0.3, 0.4) is 0 Å². The van der Waals surface area contributed by atoms with Crippen LogP contribution in [0.15, 0.2) is 66.9 Å². The summed E-state index contributed by atoms with van der Waals surface area (Å²) in [6.07, 6.45) is 1.16. The first-order chi connectivity index (χ1) is 18.7. The average molecular weight is 555 g/mol. The van der Waals surface area contributed by atoms with Gasteiger partial charge in [0, 0.05) is 19.3 Å². The van der Waals surface area contributed by atoms with E-state index in [1.807, 2.05) is 35.1 Å². The largest absolute Gasteiger partial charge is 0.477 e. The number of likely N-dealkylation sites (tertiary alicyclic amines) is 1. The summed E-state index contributed by atoms with van der Waals surface area (Å²) in [7, 11) is -4.67.